The van der Waals surface area contributed by atoms with E-state index in [2.05, 4.69) is 14.9 Å². The Kier molecular flexibility index (Phi) is 5.40. The average molecular weight is 380 g/mol. The molecule has 6 nitrogen and oxygen atoms in total. The highest BCUT2D eigenvalue weighted by Gasteiger charge is 2.35. The summed E-state index contributed by atoms with van der Waals surface area (Å²) < 4.78 is 46.7. The van der Waals surface area contributed by atoms with Gasteiger partial charge in [-0.1, -0.05) is 22.2 Å². The molecule has 1 N–H and O–H groups in total. The number of nitrogens with zero attached hydrogens (tertiary/aromatic N) is 2. The lowest BCUT2D eigenvalue weighted by atomic mass is 10.1. The fourth-order valence-electron chi connectivity index (χ4n) is 1.70. The minimum atomic E-state index is -4.70. The van der Waals surface area contributed by atoms with Gasteiger partial charge in [0.2, 0.25) is 5.69 Å². The van der Waals surface area contributed by atoms with Crippen molar-refractivity contribution < 1.29 is 27.5 Å². The van der Waals surface area contributed by atoms with Crippen LogP contribution in [0.25, 0.3) is 0 Å². The van der Waals surface area contributed by atoms with Crippen molar-refractivity contribution in [2.45, 2.75) is 13.1 Å². The number of alkyl halides is 3. The first-order valence-electron chi connectivity index (χ1n) is 6.42. The number of carbonyl (C=O) groups excluding carboxylic acids is 2. The predicted octanol–water partition coefficient (Wildman–Crippen LogP) is 3.64. The average Bonchev–Trinajstić information content (AvgIpc) is 2.94. The molecule has 11 heteroatoms. The van der Waals surface area contributed by atoms with Crippen molar-refractivity contribution in [3.05, 3.63) is 40.0 Å². The molecule has 1 aromatic carbocycles. The van der Waals surface area contributed by atoms with Gasteiger partial charge in [0.25, 0.3) is 5.91 Å². The van der Waals surface area contributed by atoms with Gasteiger partial charge in [0.15, 0.2) is 5.00 Å². The van der Waals surface area contributed by atoms with Gasteiger partial charge in [-0.3, -0.25) is 4.79 Å². The number of halogens is 4. The molecule has 1 amide bonds. The Balaban J connectivity index is 2.29. The van der Waals surface area contributed by atoms with Crippen LogP contribution < -0.4 is 5.32 Å². The summed E-state index contributed by atoms with van der Waals surface area (Å²) in [5, 5.41) is 5.01. The van der Waals surface area contributed by atoms with Crippen molar-refractivity contribution in [3.63, 3.8) is 0 Å². The van der Waals surface area contributed by atoms with Gasteiger partial charge in [-0.2, -0.15) is 13.2 Å². The van der Waals surface area contributed by atoms with Crippen LogP contribution in [0.1, 0.15) is 33.3 Å². The second kappa shape index (κ2) is 7.14. The summed E-state index contributed by atoms with van der Waals surface area (Å²) in [7, 11) is 0. The molecule has 0 aliphatic rings. The second-order valence-electron chi connectivity index (χ2n) is 4.29. The van der Waals surface area contributed by atoms with Crippen LogP contribution >= 0.6 is 23.1 Å². The van der Waals surface area contributed by atoms with Crippen LogP contribution in [0.5, 0.6) is 0 Å². The molecule has 0 atom stereocenters. The number of aromatic nitrogens is 2. The van der Waals surface area contributed by atoms with Gasteiger partial charge >= 0.3 is 12.1 Å². The SMILES string of the molecule is CCOC(=O)c1nnsc1NC(=O)c1cccc(C(F)(F)F)c1Cl. The maximum Gasteiger partial charge on any atom is 0.417 e. The van der Waals surface area contributed by atoms with Crippen molar-refractivity contribution in [1.82, 2.24) is 9.59 Å². The summed E-state index contributed by atoms with van der Waals surface area (Å²) in [6, 6.07) is 2.95. The number of hydrogen-bond acceptors (Lipinski definition) is 6. The predicted molar refractivity (Wildman–Crippen MR) is 80.3 cm³/mol. The van der Waals surface area contributed by atoms with Crippen LogP contribution in [-0.2, 0) is 10.9 Å². The van der Waals surface area contributed by atoms with E-state index < -0.39 is 34.2 Å². The van der Waals surface area contributed by atoms with Crippen molar-refractivity contribution >= 4 is 40.0 Å². The first-order chi connectivity index (χ1) is 11.3. The Morgan fingerprint density at radius 2 is 2.08 bits per heavy atom. The number of hydrogen-bond donors (Lipinski definition) is 1. The highest BCUT2D eigenvalue weighted by molar-refractivity contribution is 7.10. The van der Waals surface area contributed by atoms with Gasteiger partial charge in [-0.05, 0) is 19.1 Å². The summed E-state index contributed by atoms with van der Waals surface area (Å²) in [5.74, 6) is -1.74. The van der Waals surface area contributed by atoms with Crippen LogP contribution in [0.4, 0.5) is 18.2 Å². The normalized spacial score (nSPS) is 11.2. The molecular weight excluding hydrogens is 371 g/mol. The standard InChI is InChI=1S/C13H9ClF3N3O3S/c1-2-23-12(22)9-11(24-20-19-9)18-10(21)6-4-3-5-7(8(6)14)13(15,16)17/h3-5H,2H2,1H3,(H,18,21). The van der Waals surface area contributed by atoms with Gasteiger partial charge in [-0.25, -0.2) is 4.79 Å². The number of anilines is 1. The number of benzene rings is 1. The zero-order chi connectivity index (χ0) is 17.9. The summed E-state index contributed by atoms with van der Waals surface area (Å²) in [6.07, 6.45) is -4.70. The van der Waals surface area contributed by atoms with E-state index in [-0.39, 0.29) is 17.3 Å². The number of carbonyl (C=O) groups is 2. The van der Waals surface area contributed by atoms with E-state index >= 15 is 0 Å². The number of amides is 1. The molecule has 24 heavy (non-hydrogen) atoms. The fraction of sp³-hybridized carbons (Fsp3) is 0.231. The summed E-state index contributed by atoms with van der Waals surface area (Å²) >= 11 is 6.36. The van der Waals surface area contributed by atoms with E-state index in [1.54, 1.807) is 6.92 Å². The minimum absolute atomic E-state index is 0.0491. The lowest BCUT2D eigenvalue weighted by molar-refractivity contribution is -0.137. The van der Waals surface area contributed by atoms with Crippen LogP contribution in [0, 0.1) is 0 Å². The molecule has 2 rings (SSSR count). The largest absolute Gasteiger partial charge is 0.461 e. The molecule has 1 heterocycles. The molecule has 1 aromatic heterocycles. The quantitative estimate of drug-likeness (QED) is 0.820. The number of esters is 1. The Morgan fingerprint density at radius 3 is 2.71 bits per heavy atom. The smallest absolute Gasteiger partial charge is 0.417 e. The Labute approximate surface area is 142 Å². The molecule has 0 unspecified atom stereocenters. The topological polar surface area (TPSA) is 81.2 Å². The Morgan fingerprint density at radius 1 is 1.38 bits per heavy atom. The molecule has 0 bridgehead atoms. The van der Waals surface area contributed by atoms with Crippen molar-refractivity contribution in [1.29, 1.82) is 0 Å². The zero-order valence-electron chi connectivity index (χ0n) is 12.0. The summed E-state index contributed by atoms with van der Waals surface area (Å²) in [5.41, 5.74) is -1.77. The first-order valence-corrected chi connectivity index (χ1v) is 7.57. The highest BCUT2D eigenvalue weighted by Crippen LogP contribution is 2.36. The van der Waals surface area contributed by atoms with Gasteiger partial charge in [-0.15, -0.1) is 5.10 Å². The molecule has 0 saturated carbocycles. The maximum atomic E-state index is 12.8. The lowest BCUT2D eigenvalue weighted by Gasteiger charge is -2.12. The van der Waals surface area contributed by atoms with Crippen molar-refractivity contribution in [2.24, 2.45) is 0 Å². The number of ether oxygens (including phenoxy) is 1. The highest BCUT2D eigenvalue weighted by atomic mass is 35.5. The van der Waals surface area contributed by atoms with E-state index in [0.717, 1.165) is 18.2 Å². The molecule has 0 aliphatic heterocycles. The van der Waals surface area contributed by atoms with E-state index in [1.807, 2.05) is 0 Å². The molecule has 2 aromatic rings. The van der Waals surface area contributed by atoms with Crippen LogP contribution in [0.2, 0.25) is 5.02 Å². The summed E-state index contributed by atoms with van der Waals surface area (Å²) in [4.78, 5) is 23.8. The lowest BCUT2D eigenvalue weighted by Crippen LogP contribution is -2.17. The molecule has 0 saturated heterocycles. The number of nitrogens with one attached hydrogen (secondary N) is 1. The zero-order valence-corrected chi connectivity index (χ0v) is 13.6. The van der Waals surface area contributed by atoms with Gasteiger partial charge in [0.05, 0.1) is 22.8 Å². The Bertz CT molecular complexity index is 779. The van der Waals surface area contributed by atoms with Gasteiger partial charge in [0, 0.05) is 11.5 Å². The third kappa shape index (κ3) is 3.82. The third-order valence-electron chi connectivity index (χ3n) is 2.73. The minimum Gasteiger partial charge on any atom is -0.461 e. The van der Waals surface area contributed by atoms with E-state index in [0.29, 0.717) is 11.5 Å². The first kappa shape index (κ1) is 18.1. The van der Waals surface area contributed by atoms with Crippen molar-refractivity contribution in [3.8, 4) is 0 Å². The molecule has 128 valence electrons. The Hall–Kier alpha value is -2.20. The van der Waals surface area contributed by atoms with Gasteiger partial charge < -0.3 is 10.1 Å². The second-order valence-corrected chi connectivity index (χ2v) is 5.42. The monoisotopic (exact) mass is 379 g/mol. The van der Waals surface area contributed by atoms with Crippen molar-refractivity contribution in [2.75, 3.05) is 11.9 Å². The molecular formula is C13H9ClF3N3O3S. The van der Waals surface area contributed by atoms with E-state index in [9.17, 15) is 22.8 Å². The molecule has 0 spiro atoms. The maximum absolute atomic E-state index is 12.8. The van der Waals surface area contributed by atoms with E-state index in [1.165, 1.54) is 0 Å². The number of rotatable bonds is 4. The summed E-state index contributed by atoms with van der Waals surface area (Å²) in [6.45, 7) is 1.67. The molecule has 0 aliphatic carbocycles. The van der Waals surface area contributed by atoms with E-state index in [4.69, 9.17) is 16.3 Å². The third-order valence-corrected chi connectivity index (χ3v) is 3.78. The van der Waals surface area contributed by atoms with Gasteiger partial charge in [0.1, 0.15) is 0 Å². The van der Waals surface area contributed by atoms with Crippen LogP contribution in [0.3, 0.4) is 0 Å². The van der Waals surface area contributed by atoms with Crippen LogP contribution in [-0.4, -0.2) is 28.1 Å². The molecule has 0 radical (unpaired) electrons. The molecule has 0 fully saturated rings. The fourth-order valence-corrected chi connectivity index (χ4v) is 2.57. The van der Waals surface area contributed by atoms with Crippen LogP contribution in [0.15, 0.2) is 18.2 Å².